The molecule has 0 bridgehead atoms. The number of unbranched alkanes of at least 4 members (excludes halogenated alkanes) is 4. The molecule has 0 aromatic heterocycles. The van der Waals surface area contributed by atoms with E-state index < -0.39 is 0 Å². The molecule has 1 rings (SSSR count). The van der Waals surface area contributed by atoms with Crippen molar-refractivity contribution in [1.29, 1.82) is 0 Å². The van der Waals surface area contributed by atoms with Crippen LogP contribution >= 0.6 is 0 Å². The molecule has 0 radical (unpaired) electrons. The summed E-state index contributed by atoms with van der Waals surface area (Å²) in [6, 6.07) is 0.508. The predicted molar refractivity (Wildman–Crippen MR) is 72.0 cm³/mol. The van der Waals surface area contributed by atoms with Crippen LogP contribution in [-0.2, 0) is 4.79 Å². The minimum atomic E-state index is 0.234. The van der Waals surface area contributed by atoms with Gasteiger partial charge in [0.15, 0.2) is 0 Å². The Morgan fingerprint density at radius 1 is 1.06 bits per heavy atom. The Kier molecular flexibility index (Phi) is 8.06. The molecule has 0 heterocycles. The number of rotatable bonds is 11. The van der Waals surface area contributed by atoms with Gasteiger partial charge in [-0.1, -0.05) is 32.6 Å². The zero-order chi connectivity index (χ0) is 12.3. The summed E-state index contributed by atoms with van der Waals surface area (Å²) in [5.41, 5.74) is 0. The molecule has 1 amide bonds. The number of hydrogen-bond acceptors (Lipinski definition) is 2. The van der Waals surface area contributed by atoms with Gasteiger partial charge >= 0.3 is 0 Å². The molecule has 17 heavy (non-hydrogen) atoms. The SMILES string of the molecule is CCCCCCCNCCCC(=O)NC1CC1. The first-order valence-electron chi connectivity index (χ1n) is 7.33. The van der Waals surface area contributed by atoms with Gasteiger partial charge in [0.2, 0.25) is 5.91 Å². The molecule has 3 heteroatoms. The quantitative estimate of drug-likeness (QED) is 0.545. The van der Waals surface area contributed by atoms with Gasteiger partial charge in [-0.05, 0) is 38.8 Å². The van der Waals surface area contributed by atoms with Gasteiger partial charge in [0.05, 0.1) is 0 Å². The van der Waals surface area contributed by atoms with Gasteiger partial charge in [0.25, 0.3) is 0 Å². The molecule has 1 aliphatic carbocycles. The molecular formula is C14H28N2O. The van der Waals surface area contributed by atoms with Crippen molar-refractivity contribution >= 4 is 5.91 Å². The first kappa shape index (κ1) is 14.5. The normalized spacial score (nSPS) is 14.9. The summed E-state index contributed by atoms with van der Waals surface area (Å²) in [6.45, 7) is 4.32. The molecule has 0 spiro atoms. The maximum Gasteiger partial charge on any atom is 0.220 e. The molecule has 1 fully saturated rings. The first-order chi connectivity index (χ1) is 8.33. The first-order valence-corrected chi connectivity index (χ1v) is 7.33. The standard InChI is InChI=1S/C14H28N2O/c1-2-3-4-5-6-11-15-12-7-8-14(17)16-13-9-10-13/h13,15H,2-12H2,1H3,(H,16,17). The van der Waals surface area contributed by atoms with Crippen molar-refractivity contribution < 1.29 is 4.79 Å². The van der Waals surface area contributed by atoms with Crippen LogP contribution in [0.3, 0.4) is 0 Å². The minimum absolute atomic E-state index is 0.234. The van der Waals surface area contributed by atoms with Crippen molar-refractivity contribution in [2.75, 3.05) is 13.1 Å². The molecule has 0 saturated heterocycles. The molecule has 0 atom stereocenters. The van der Waals surface area contributed by atoms with E-state index in [0.29, 0.717) is 12.5 Å². The van der Waals surface area contributed by atoms with E-state index in [9.17, 15) is 4.79 Å². The molecule has 0 aliphatic heterocycles. The second kappa shape index (κ2) is 9.46. The van der Waals surface area contributed by atoms with Crippen LogP contribution in [0.4, 0.5) is 0 Å². The Bertz CT molecular complexity index is 202. The zero-order valence-corrected chi connectivity index (χ0v) is 11.3. The summed E-state index contributed by atoms with van der Waals surface area (Å²) in [4.78, 5) is 11.4. The lowest BCUT2D eigenvalue weighted by Crippen LogP contribution is -2.26. The van der Waals surface area contributed by atoms with Crippen LogP contribution in [-0.4, -0.2) is 25.0 Å². The third kappa shape index (κ3) is 9.16. The highest BCUT2D eigenvalue weighted by Gasteiger charge is 2.22. The molecule has 2 N–H and O–H groups in total. The van der Waals surface area contributed by atoms with Gasteiger partial charge in [-0.15, -0.1) is 0 Å². The van der Waals surface area contributed by atoms with Crippen LogP contribution in [0.15, 0.2) is 0 Å². The summed E-state index contributed by atoms with van der Waals surface area (Å²) in [7, 11) is 0. The lowest BCUT2D eigenvalue weighted by molar-refractivity contribution is -0.121. The van der Waals surface area contributed by atoms with Crippen molar-refractivity contribution in [3.05, 3.63) is 0 Å². The zero-order valence-electron chi connectivity index (χ0n) is 11.3. The van der Waals surface area contributed by atoms with Crippen LogP contribution in [0.2, 0.25) is 0 Å². The molecule has 0 unspecified atom stereocenters. The summed E-state index contributed by atoms with van der Waals surface area (Å²) >= 11 is 0. The van der Waals surface area contributed by atoms with E-state index in [0.717, 1.165) is 19.5 Å². The van der Waals surface area contributed by atoms with Gasteiger partial charge in [-0.25, -0.2) is 0 Å². The lowest BCUT2D eigenvalue weighted by Gasteiger charge is -2.05. The minimum Gasteiger partial charge on any atom is -0.353 e. The Balaban J connectivity index is 1.73. The molecule has 100 valence electrons. The molecule has 0 aromatic carbocycles. The number of amides is 1. The van der Waals surface area contributed by atoms with Crippen LogP contribution in [0.25, 0.3) is 0 Å². The van der Waals surface area contributed by atoms with E-state index in [1.165, 1.54) is 44.9 Å². The van der Waals surface area contributed by atoms with Crippen LogP contribution < -0.4 is 10.6 Å². The molecule has 3 nitrogen and oxygen atoms in total. The molecule has 1 aliphatic rings. The highest BCUT2D eigenvalue weighted by atomic mass is 16.1. The summed E-state index contributed by atoms with van der Waals surface area (Å²) < 4.78 is 0. The van der Waals surface area contributed by atoms with Gasteiger partial charge in [0, 0.05) is 12.5 Å². The monoisotopic (exact) mass is 240 g/mol. The third-order valence-electron chi connectivity index (χ3n) is 3.16. The van der Waals surface area contributed by atoms with Crippen LogP contribution in [0, 0.1) is 0 Å². The highest BCUT2D eigenvalue weighted by Crippen LogP contribution is 2.18. The van der Waals surface area contributed by atoms with Gasteiger partial charge < -0.3 is 10.6 Å². The lowest BCUT2D eigenvalue weighted by atomic mass is 10.1. The third-order valence-corrected chi connectivity index (χ3v) is 3.16. The van der Waals surface area contributed by atoms with Gasteiger partial charge in [-0.2, -0.15) is 0 Å². The fourth-order valence-corrected chi connectivity index (χ4v) is 1.88. The van der Waals surface area contributed by atoms with E-state index in [-0.39, 0.29) is 5.91 Å². The largest absolute Gasteiger partial charge is 0.353 e. The number of carbonyl (C=O) groups excluding carboxylic acids is 1. The second-order valence-electron chi connectivity index (χ2n) is 5.11. The van der Waals surface area contributed by atoms with Crippen molar-refractivity contribution in [2.24, 2.45) is 0 Å². The molecular weight excluding hydrogens is 212 g/mol. The van der Waals surface area contributed by atoms with Crippen LogP contribution in [0.1, 0.15) is 64.7 Å². The van der Waals surface area contributed by atoms with Crippen molar-refractivity contribution in [2.45, 2.75) is 70.8 Å². The molecule has 0 aromatic rings. The van der Waals surface area contributed by atoms with E-state index in [4.69, 9.17) is 0 Å². The Labute approximate surface area is 106 Å². The summed E-state index contributed by atoms with van der Waals surface area (Å²) in [6.07, 6.45) is 10.7. The Morgan fingerprint density at radius 3 is 2.47 bits per heavy atom. The number of hydrogen-bond donors (Lipinski definition) is 2. The maximum atomic E-state index is 11.4. The average Bonchev–Trinajstić information content (AvgIpc) is 3.11. The second-order valence-corrected chi connectivity index (χ2v) is 5.11. The predicted octanol–water partition coefficient (Wildman–Crippen LogP) is 2.61. The van der Waals surface area contributed by atoms with Gasteiger partial charge in [-0.3, -0.25) is 4.79 Å². The van der Waals surface area contributed by atoms with E-state index >= 15 is 0 Å². The number of nitrogens with one attached hydrogen (secondary N) is 2. The van der Waals surface area contributed by atoms with Gasteiger partial charge in [0.1, 0.15) is 0 Å². The van der Waals surface area contributed by atoms with Crippen LogP contribution in [0.5, 0.6) is 0 Å². The highest BCUT2D eigenvalue weighted by molar-refractivity contribution is 5.76. The van der Waals surface area contributed by atoms with Crippen molar-refractivity contribution in [1.82, 2.24) is 10.6 Å². The topological polar surface area (TPSA) is 41.1 Å². The van der Waals surface area contributed by atoms with Crippen molar-refractivity contribution in [3.63, 3.8) is 0 Å². The van der Waals surface area contributed by atoms with Crippen molar-refractivity contribution in [3.8, 4) is 0 Å². The fourth-order valence-electron chi connectivity index (χ4n) is 1.88. The average molecular weight is 240 g/mol. The van der Waals surface area contributed by atoms with E-state index in [1.54, 1.807) is 0 Å². The smallest absolute Gasteiger partial charge is 0.220 e. The Morgan fingerprint density at radius 2 is 1.76 bits per heavy atom. The summed E-state index contributed by atoms with van der Waals surface area (Å²) in [5, 5.41) is 6.42. The number of carbonyl (C=O) groups is 1. The maximum absolute atomic E-state index is 11.4. The fraction of sp³-hybridized carbons (Fsp3) is 0.929. The Hall–Kier alpha value is -0.570. The summed E-state index contributed by atoms with van der Waals surface area (Å²) in [5.74, 6) is 0.234. The van der Waals surface area contributed by atoms with E-state index in [2.05, 4.69) is 17.6 Å². The van der Waals surface area contributed by atoms with E-state index in [1.807, 2.05) is 0 Å². The molecule has 1 saturated carbocycles.